The lowest BCUT2D eigenvalue weighted by Gasteiger charge is -1.94. The second-order valence-electron chi connectivity index (χ2n) is 1.89. The number of halogens is 1. The molecule has 0 aliphatic heterocycles. The second kappa shape index (κ2) is 3.46. The van der Waals surface area contributed by atoms with E-state index in [2.05, 4.69) is 25.9 Å². The molecule has 0 aliphatic carbocycles. The molecule has 0 atom stereocenters. The molecule has 0 unspecified atom stereocenters. The fourth-order valence-corrected chi connectivity index (χ4v) is 0.814. The summed E-state index contributed by atoms with van der Waals surface area (Å²) in [6.07, 6.45) is 3.26. The molecule has 0 aliphatic rings. The van der Waals surface area contributed by atoms with Crippen molar-refractivity contribution in [2.24, 2.45) is 0 Å². The molecule has 0 N–H and O–H groups in total. The number of hydrogen-bond acceptors (Lipinski definition) is 2. The monoisotopic (exact) mass is 198 g/mol. The van der Waals surface area contributed by atoms with Crippen LogP contribution in [0, 0.1) is 0 Å². The van der Waals surface area contributed by atoms with Gasteiger partial charge < -0.3 is 0 Å². The Balaban J connectivity index is 2.96. The molecule has 0 aromatic carbocycles. The summed E-state index contributed by atoms with van der Waals surface area (Å²) >= 11 is 3.23. The van der Waals surface area contributed by atoms with Crippen LogP contribution in [0.1, 0.15) is 12.6 Å². The van der Waals surface area contributed by atoms with Gasteiger partial charge in [-0.15, -0.1) is 0 Å². The van der Waals surface area contributed by atoms with Crippen molar-refractivity contribution in [2.75, 3.05) is 0 Å². The molecule has 1 aromatic heterocycles. The van der Waals surface area contributed by atoms with Crippen molar-refractivity contribution in [3.8, 4) is 0 Å². The number of allylic oxidation sites excluding steroid dienone is 1. The molecule has 0 fully saturated rings. The summed E-state index contributed by atoms with van der Waals surface area (Å²) in [5.74, 6) is 0. The van der Waals surface area contributed by atoms with Crippen LogP contribution in [0.25, 0.3) is 5.57 Å². The van der Waals surface area contributed by atoms with Crippen molar-refractivity contribution in [2.45, 2.75) is 6.92 Å². The van der Waals surface area contributed by atoms with Crippen LogP contribution >= 0.6 is 15.9 Å². The Kier molecular flexibility index (Phi) is 2.57. The summed E-state index contributed by atoms with van der Waals surface area (Å²) < 4.78 is 0. The van der Waals surface area contributed by atoms with Crippen LogP contribution in [-0.4, -0.2) is 9.97 Å². The lowest BCUT2D eigenvalue weighted by atomic mass is 10.2. The van der Waals surface area contributed by atoms with E-state index in [0.29, 0.717) is 0 Å². The maximum absolute atomic E-state index is 4.04. The van der Waals surface area contributed by atoms with Gasteiger partial charge in [0.05, 0.1) is 5.69 Å². The van der Waals surface area contributed by atoms with E-state index in [9.17, 15) is 0 Å². The predicted molar refractivity (Wildman–Crippen MR) is 44.6 cm³/mol. The minimum absolute atomic E-state index is 0.951. The van der Waals surface area contributed by atoms with Crippen LogP contribution in [0.4, 0.5) is 0 Å². The van der Waals surface area contributed by atoms with Crippen LogP contribution in [0.15, 0.2) is 23.6 Å². The molecule has 0 amide bonds. The smallest absolute Gasteiger partial charge is 0.116 e. The maximum atomic E-state index is 4.04. The molecule has 3 heteroatoms. The first-order valence-electron chi connectivity index (χ1n) is 2.88. The molecule has 0 bridgehead atoms. The number of aromatic nitrogens is 2. The van der Waals surface area contributed by atoms with Gasteiger partial charge >= 0.3 is 0 Å². The van der Waals surface area contributed by atoms with Gasteiger partial charge in [-0.2, -0.15) is 0 Å². The van der Waals surface area contributed by atoms with E-state index in [-0.39, 0.29) is 0 Å². The van der Waals surface area contributed by atoms with Crippen LogP contribution in [0.2, 0.25) is 0 Å². The average Bonchev–Trinajstić information content (AvgIpc) is 2.05. The Labute approximate surface area is 68.1 Å². The van der Waals surface area contributed by atoms with Gasteiger partial charge in [-0.25, -0.2) is 9.97 Å². The number of nitrogens with zero attached hydrogens (tertiary/aromatic N) is 2. The number of hydrogen-bond donors (Lipinski definition) is 0. The normalized spacial score (nSPS) is 11.6. The summed E-state index contributed by atoms with van der Waals surface area (Å²) in [7, 11) is 0. The van der Waals surface area contributed by atoms with E-state index >= 15 is 0 Å². The third-order valence-electron chi connectivity index (χ3n) is 1.15. The highest BCUT2D eigenvalue weighted by atomic mass is 79.9. The summed E-state index contributed by atoms with van der Waals surface area (Å²) in [6, 6.07) is 1.87. The lowest BCUT2D eigenvalue weighted by molar-refractivity contribution is 1.14. The van der Waals surface area contributed by atoms with Crippen molar-refractivity contribution in [1.29, 1.82) is 0 Å². The van der Waals surface area contributed by atoms with Crippen LogP contribution in [-0.2, 0) is 0 Å². The zero-order valence-corrected chi connectivity index (χ0v) is 7.17. The molecule has 52 valence electrons. The molecular formula is C7H7BrN2. The van der Waals surface area contributed by atoms with Gasteiger partial charge in [0.25, 0.3) is 0 Å². The zero-order chi connectivity index (χ0) is 7.40. The Morgan fingerprint density at radius 1 is 1.70 bits per heavy atom. The first kappa shape index (κ1) is 7.41. The summed E-state index contributed by atoms with van der Waals surface area (Å²) in [5.41, 5.74) is 2.05. The number of rotatable bonds is 1. The van der Waals surface area contributed by atoms with Gasteiger partial charge in [0.15, 0.2) is 0 Å². The molecule has 1 aromatic rings. The molecule has 10 heavy (non-hydrogen) atoms. The SMILES string of the molecule is C/C(=C\Br)c1ccncn1. The first-order chi connectivity index (χ1) is 4.84. The Bertz CT molecular complexity index is 231. The molecule has 0 spiro atoms. The largest absolute Gasteiger partial charge is 0.245 e. The van der Waals surface area contributed by atoms with Crippen molar-refractivity contribution >= 4 is 21.5 Å². The highest BCUT2D eigenvalue weighted by molar-refractivity contribution is 9.11. The third kappa shape index (κ3) is 1.64. The molecule has 0 saturated heterocycles. The van der Waals surface area contributed by atoms with Crippen molar-refractivity contribution in [3.05, 3.63) is 29.3 Å². The second-order valence-corrected chi connectivity index (χ2v) is 2.34. The molecule has 0 saturated carbocycles. The van der Waals surface area contributed by atoms with E-state index in [0.717, 1.165) is 11.3 Å². The fraction of sp³-hybridized carbons (Fsp3) is 0.143. The molecule has 0 radical (unpaired) electrons. The first-order valence-corrected chi connectivity index (χ1v) is 3.79. The van der Waals surface area contributed by atoms with Gasteiger partial charge in [0, 0.05) is 6.20 Å². The van der Waals surface area contributed by atoms with Crippen molar-refractivity contribution in [1.82, 2.24) is 9.97 Å². The van der Waals surface area contributed by atoms with E-state index in [1.165, 1.54) is 6.33 Å². The molecule has 1 heterocycles. The average molecular weight is 199 g/mol. The van der Waals surface area contributed by atoms with Gasteiger partial charge in [-0.3, -0.25) is 0 Å². The Morgan fingerprint density at radius 3 is 3.00 bits per heavy atom. The Hall–Kier alpha value is -0.700. The lowest BCUT2D eigenvalue weighted by Crippen LogP contribution is -1.84. The molecule has 1 rings (SSSR count). The highest BCUT2D eigenvalue weighted by Gasteiger charge is 1.92. The standard InChI is InChI=1S/C7H7BrN2/c1-6(4-8)7-2-3-9-5-10-7/h2-5H,1H3/b6-4+. The van der Waals surface area contributed by atoms with Crippen molar-refractivity contribution in [3.63, 3.8) is 0 Å². The molecular weight excluding hydrogens is 192 g/mol. The van der Waals surface area contributed by atoms with Gasteiger partial charge in [0.2, 0.25) is 0 Å². The van der Waals surface area contributed by atoms with E-state index in [4.69, 9.17) is 0 Å². The van der Waals surface area contributed by atoms with Crippen LogP contribution in [0.3, 0.4) is 0 Å². The van der Waals surface area contributed by atoms with Crippen molar-refractivity contribution < 1.29 is 0 Å². The zero-order valence-electron chi connectivity index (χ0n) is 5.58. The highest BCUT2D eigenvalue weighted by Crippen LogP contribution is 2.09. The van der Waals surface area contributed by atoms with E-state index in [1.807, 2.05) is 18.0 Å². The minimum Gasteiger partial charge on any atom is -0.245 e. The van der Waals surface area contributed by atoms with E-state index < -0.39 is 0 Å². The predicted octanol–water partition coefficient (Wildman–Crippen LogP) is 2.23. The minimum atomic E-state index is 0.951. The van der Waals surface area contributed by atoms with E-state index in [1.54, 1.807) is 6.20 Å². The van der Waals surface area contributed by atoms with Crippen LogP contribution in [0.5, 0.6) is 0 Å². The maximum Gasteiger partial charge on any atom is 0.116 e. The van der Waals surface area contributed by atoms with Gasteiger partial charge in [0.1, 0.15) is 6.33 Å². The summed E-state index contributed by atoms with van der Waals surface area (Å²) in [4.78, 5) is 9.69. The fourth-order valence-electron chi connectivity index (χ4n) is 0.580. The summed E-state index contributed by atoms with van der Waals surface area (Å²) in [5, 5.41) is 0. The molecule has 2 nitrogen and oxygen atoms in total. The topological polar surface area (TPSA) is 25.8 Å². The Morgan fingerprint density at radius 2 is 2.50 bits per heavy atom. The van der Waals surface area contributed by atoms with Gasteiger partial charge in [-0.05, 0) is 23.5 Å². The third-order valence-corrected chi connectivity index (χ3v) is 1.84. The summed E-state index contributed by atoms with van der Waals surface area (Å²) in [6.45, 7) is 1.98. The van der Waals surface area contributed by atoms with Gasteiger partial charge in [-0.1, -0.05) is 15.9 Å². The van der Waals surface area contributed by atoms with Crippen LogP contribution < -0.4 is 0 Å². The quantitative estimate of drug-likeness (QED) is 0.692.